The minimum absolute atomic E-state index is 0.217. The maximum absolute atomic E-state index is 11.8. The van der Waals surface area contributed by atoms with Gasteiger partial charge in [0.05, 0.1) is 17.0 Å². The standard InChI is InChI=1S/C28H28N6O3/c1-28(2,3)37-27(35)30-16-15-19-11-13-22(31-18-19)21-12-14-24(29-4)32-26(21)36-25-17-23(33-34(25)5)20-9-7-6-8-10-20/h6-14,17-18H,15-16H2,1-3,5H3,(H,30,35). The molecular weight excluding hydrogens is 468 g/mol. The van der Waals surface area contributed by atoms with E-state index in [0.29, 0.717) is 30.1 Å². The highest BCUT2D eigenvalue weighted by molar-refractivity contribution is 5.68. The minimum Gasteiger partial charge on any atom is -0.444 e. The molecule has 0 unspecified atom stereocenters. The molecule has 3 aromatic heterocycles. The zero-order chi connectivity index (χ0) is 26.4. The zero-order valence-electron chi connectivity index (χ0n) is 21.2. The van der Waals surface area contributed by atoms with Gasteiger partial charge in [0.25, 0.3) is 5.82 Å². The molecule has 0 aliphatic carbocycles. The molecule has 9 heteroatoms. The fourth-order valence-corrected chi connectivity index (χ4v) is 3.52. The number of alkyl carbamates (subject to hydrolysis) is 1. The van der Waals surface area contributed by atoms with Gasteiger partial charge in [0.15, 0.2) is 0 Å². The summed E-state index contributed by atoms with van der Waals surface area (Å²) in [5.41, 5.74) is 3.44. The second-order valence-electron chi connectivity index (χ2n) is 9.32. The number of nitrogens with one attached hydrogen (secondary N) is 1. The Bertz CT molecular complexity index is 1420. The largest absolute Gasteiger partial charge is 0.444 e. The van der Waals surface area contributed by atoms with Gasteiger partial charge in [-0.05, 0) is 44.9 Å². The van der Waals surface area contributed by atoms with Gasteiger partial charge in [-0.15, -0.1) is 0 Å². The van der Waals surface area contributed by atoms with E-state index in [0.717, 1.165) is 16.8 Å². The predicted molar refractivity (Wildman–Crippen MR) is 140 cm³/mol. The number of carbonyl (C=O) groups excluding carboxylic acids is 1. The smallest absolute Gasteiger partial charge is 0.407 e. The minimum atomic E-state index is -0.539. The lowest BCUT2D eigenvalue weighted by atomic mass is 10.1. The van der Waals surface area contributed by atoms with Crippen LogP contribution in [0.4, 0.5) is 10.6 Å². The lowest BCUT2D eigenvalue weighted by Gasteiger charge is -2.19. The van der Waals surface area contributed by atoms with Crippen LogP contribution in [0.1, 0.15) is 26.3 Å². The molecule has 37 heavy (non-hydrogen) atoms. The van der Waals surface area contributed by atoms with Crippen LogP contribution in [-0.4, -0.2) is 38.0 Å². The number of hydrogen-bond donors (Lipinski definition) is 1. The molecule has 4 aromatic rings. The molecule has 4 rings (SSSR count). The zero-order valence-corrected chi connectivity index (χ0v) is 21.2. The number of benzene rings is 1. The van der Waals surface area contributed by atoms with Crippen molar-refractivity contribution in [3.63, 3.8) is 0 Å². The third-order valence-corrected chi connectivity index (χ3v) is 5.25. The third kappa shape index (κ3) is 6.70. The predicted octanol–water partition coefficient (Wildman–Crippen LogP) is 5.95. The van der Waals surface area contributed by atoms with E-state index in [1.807, 2.05) is 69.3 Å². The van der Waals surface area contributed by atoms with Crippen molar-refractivity contribution >= 4 is 11.9 Å². The topological polar surface area (TPSA) is 95.5 Å². The van der Waals surface area contributed by atoms with Gasteiger partial charge in [-0.3, -0.25) is 4.98 Å². The number of nitrogens with zero attached hydrogens (tertiary/aromatic N) is 5. The summed E-state index contributed by atoms with van der Waals surface area (Å²) in [6, 6.07) is 18.8. The molecule has 0 radical (unpaired) electrons. The van der Waals surface area contributed by atoms with Gasteiger partial charge in [0.2, 0.25) is 5.88 Å². The Hall–Kier alpha value is -4.71. The highest BCUT2D eigenvalue weighted by Crippen LogP contribution is 2.34. The second-order valence-corrected chi connectivity index (χ2v) is 9.32. The number of pyridine rings is 2. The summed E-state index contributed by atoms with van der Waals surface area (Å²) in [5.74, 6) is 0.969. The Morgan fingerprint density at radius 2 is 1.86 bits per heavy atom. The van der Waals surface area contributed by atoms with Gasteiger partial charge < -0.3 is 19.6 Å². The van der Waals surface area contributed by atoms with Gasteiger partial charge in [-0.1, -0.05) is 54.0 Å². The number of aryl methyl sites for hydroxylation is 1. The Labute approximate surface area is 215 Å². The van der Waals surface area contributed by atoms with Crippen LogP contribution >= 0.6 is 0 Å². The van der Waals surface area contributed by atoms with E-state index in [1.165, 1.54) is 0 Å². The van der Waals surface area contributed by atoms with E-state index in [-0.39, 0.29) is 11.7 Å². The number of ether oxygens (including phenoxy) is 2. The maximum Gasteiger partial charge on any atom is 0.407 e. The number of rotatable bonds is 7. The summed E-state index contributed by atoms with van der Waals surface area (Å²) in [6.07, 6.45) is 1.90. The molecule has 0 saturated carbocycles. The molecule has 0 bridgehead atoms. The van der Waals surface area contributed by atoms with Crippen LogP contribution in [0.2, 0.25) is 0 Å². The van der Waals surface area contributed by atoms with E-state index < -0.39 is 11.7 Å². The number of aromatic nitrogens is 4. The summed E-state index contributed by atoms with van der Waals surface area (Å²) in [4.78, 5) is 24.2. The molecule has 1 N–H and O–H groups in total. The quantitative estimate of drug-likeness (QED) is 0.318. The van der Waals surface area contributed by atoms with E-state index >= 15 is 0 Å². The fraction of sp³-hybridized carbons (Fsp3) is 0.250. The molecule has 188 valence electrons. The van der Waals surface area contributed by atoms with Crippen LogP contribution in [0.3, 0.4) is 0 Å². The van der Waals surface area contributed by atoms with Crippen molar-refractivity contribution in [2.45, 2.75) is 32.8 Å². The van der Waals surface area contributed by atoms with Crippen molar-refractivity contribution in [1.29, 1.82) is 0 Å². The lowest BCUT2D eigenvalue weighted by molar-refractivity contribution is 0.0528. The average Bonchev–Trinajstić information content (AvgIpc) is 3.24. The molecule has 1 aromatic carbocycles. The molecule has 0 spiro atoms. The highest BCUT2D eigenvalue weighted by Gasteiger charge is 2.19. The van der Waals surface area contributed by atoms with Crippen LogP contribution < -0.4 is 10.1 Å². The second kappa shape index (κ2) is 10.9. The normalized spacial score (nSPS) is 11.0. The third-order valence-electron chi connectivity index (χ3n) is 5.25. The van der Waals surface area contributed by atoms with Crippen LogP contribution in [0.25, 0.3) is 27.4 Å². The van der Waals surface area contributed by atoms with Gasteiger partial charge in [-0.2, -0.15) is 5.10 Å². The van der Waals surface area contributed by atoms with Crippen molar-refractivity contribution in [3.05, 3.63) is 83.8 Å². The number of amides is 1. The molecule has 9 nitrogen and oxygen atoms in total. The SMILES string of the molecule is [C-]#[N+]c1ccc(-c2ccc(CCNC(=O)OC(C)(C)C)cn2)c(Oc2cc(-c3ccccc3)nn2C)n1. The van der Waals surface area contributed by atoms with Crippen LogP contribution in [0.15, 0.2) is 66.9 Å². The van der Waals surface area contributed by atoms with Crippen molar-refractivity contribution in [1.82, 2.24) is 25.1 Å². The van der Waals surface area contributed by atoms with Gasteiger partial charge >= 0.3 is 12.0 Å². The van der Waals surface area contributed by atoms with Crippen molar-refractivity contribution < 1.29 is 14.3 Å². The maximum atomic E-state index is 11.8. The summed E-state index contributed by atoms with van der Waals surface area (Å²) in [5, 5.41) is 7.29. The molecular formula is C28H28N6O3. The first-order valence-electron chi connectivity index (χ1n) is 11.8. The van der Waals surface area contributed by atoms with Gasteiger partial charge in [0.1, 0.15) is 5.60 Å². The molecule has 3 heterocycles. The monoisotopic (exact) mass is 496 g/mol. The summed E-state index contributed by atoms with van der Waals surface area (Å²) in [7, 11) is 1.79. The van der Waals surface area contributed by atoms with Gasteiger partial charge in [0, 0.05) is 31.4 Å². The Morgan fingerprint density at radius 3 is 2.54 bits per heavy atom. The molecule has 1 amide bonds. The Kier molecular flexibility index (Phi) is 7.49. The molecule has 0 aliphatic rings. The van der Waals surface area contributed by atoms with E-state index in [2.05, 4.69) is 25.2 Å². The summed E-state index contributed by atoms with van der Waals surface area (Å²) in [6.45, 7) is 13.3. The van der Waals surface area contributed by atoms with Crippen LogP contribution in [0, 0.1) is 6.57 Å². The molecule has 0 fully saturated rings. The average molecular weight is 497 g/mol. The summed E-state index contributed by atoms with van der Waals surface area (Å²) >= 11 is 0. The molecule has 0 aliphatic heterocycles. The first kappa shape index (κ1) is 25.4. The number of carbonyl (C=O) groups is 1. The molecule has 0 atom stereocenters. The first-order valence-corrected chi connectivity index (χ1v) is 11.8. The van der Waals surface area contributed by atoms with Crippen LogP contribution in [0.5, 0.6) is 11.8 Å². The van der Waals surface area contributed by atoms with E-state index in [9.17, 15) is 4.79 Å². The van der Waals surface area contributed by atoms with Crippen molar-refractivity contribution in [2.24, 2.45) is 7.05 Å². The first-order chi connectivity index (χ1) is 17.7. The van der Waals surface area contributed by atoms with Gasteiger partial charge in [-0.25, -0.2) is 9.48 Å². The Balaban J connectivity index is 1.51. The number of hydrogen-bond acceptors (Lipinski definition) is 6. The van der Waals surface area contributed by atoms with Crippen molar-refractivity contribution in [2.75, 3.05) is 6.54 Å². The fourth-order valence-electron chi connectivity index (χ4n) is 3.52. The van der Waals surface area contributed by atoms with E-state index in [1.54, 1.807) is 30.1 Å². The van der Waals surface area contributed by atoms with Crippen LogP contribution in [-0.2, 0) is 18.2 Å². The highest BCUT2D eigenvalue weighted by atomic mass is 16.6. The van der Waals surface area contributed by atoms with Crippen molar-refractivity contribution in [3.8, 4) is 34.3 Å². The Morgan fingerprint density at radius 1 is 1.08 bits per heavy atom. The lowest BCUT2D eigenvalue weighted by Crippen LogP contribution is -2.33. The summed E-state index contributed by atoms with van der Waals surface area (Å²) < 4.78 is 13.0. The van der Waals surface area contributed by atoms with E-state index in [4.69, 9.17) is 16.0 Å². The molecule has 0 saturated heterocycles.